The Hall–Kier alpha value is -2.56. The molecule has 24 heavy (non-hydrogen) atoms. The van der Waals surface area contributed by atoms with Crippen LogP contribution in [0.4, 0.5) is 0 Å². The molecule has 2 amide bonds. The van der Waals surface area contributed by atoms with Gasteiger partial charge in [-0.05, 0) is 44.5 Å². The maximum Gasteiger partial charge on any atom is 0.255 e. The molecular weight excluding hydrogens is 302 g/mol. The molecule has 0 aliphatic rings. The van der Waals surface area contributed by atoms with E-state index in [1.165, 1.54) is 0 Å². The fourth-order valence-electron chi connectivity index (χ4n) is 2.96. The standard InChI is InChI=1S/C19H25N3O2/c1-6-22-13(2)11-17(14(22)3)19(24)21(5)12-15-7-9-16(10-8-15)18(23)20-4/h7-11H,6,12H2,1-5H3,(H,20,23). The van der Waals surface area contributed by atoms with E-state index in [4.69, 9.17) is 0 Å². The van der Waals surface area contributed by atoms with E-state index in [0.29, 0.717) is 12.1 Å². The van der Waals surface area contributed by atoms with Crippen molar-refractivity contribution >= 4 is 11.8 Å². The Kier molecular flexibility index (Phi) is 5.44. The van der Waals surface area contributed by atoms with Crippen LogP contribution in [-0.2, 0) is 13.1 Å². The third-order valence-electron chi connectivity index (χ3n) is 4.33. The van der Waals surface area contributed by atoms with Crippen LogP contribution in [0.15, 0.2) is 30.3 Å². The van der Waals surface area contributed by atoms with E-state index in [2.05, 4.69) is 16.8 Å². The molecule has 2 rings (SSSR count). The van der Waals surface area contributed by atoms with Gasteiger partial charge in [0.2, 0.25) is 0 Å². The van der Waals surface area contributed by atoms with E-state index < -0.39 is 0 Å². The molecule has 0 aliphatic heterocycles. The number of nitrogens with zero attached hydrogens (tertiary/aromatic N) is 2. The quantitative estimate of drug-likeness (QED) is 0.918. The fraction of sp³-hybridized carbons (Fsp3) is 0.368. The first-order valence-corrected chi connectivity index (χ1v) is 8.12. The minimum atomic E-state index is -0.113. The van der Waals surface area contributed by atoms with Crippen molar-refractivity contribution in [3.8, 4) is 0 Å². The lowest BCUT2D eigenvalue weighted by molar-refractivity contribution is 0.0783. The number of amides is 2. The predicted octanol–water partition coefficient (Wildman–Crippen LogP) is 2.76. The molecule has 0 spiro atoms. The van der Waals surface area contributed by atoms with Crippen LogP contribution >= 0.6 is 0 Å². The van der Waals surface area contributed by atoms with Crippen molar-refractivity contribution in [1.29, 1.82) is 0 Å². The molecule has 0 radical (unpaired) electrons. The molecule has 1 aromatic carbocycles. The van der Waals surface area contributed by atoms with E-state index in [1.54, 1.807) is 31.1 Å². The zero-order valence-electron chi connectivity index (χ0n) is 15.0. The first-order valence-electron chi connectivity index (χ1n) is 8.12. The molecule has 128 valence electrons. The van der Waals surface area contributed by atoms with Gasteiger partial charge in [0.05, 0.1) is 5.56 Å². The highest BCUT2D eigenvalue weighted by Gasteiger charge is 2.18. The Balaban J connectivity index is 2.13. The normalized spacial score (nSPS) is 10.5. The molecule has 1 heterocycles. The molecule has 0 atom stereocenters. The summed E-state index contributed by atoms with van der Waals surface area (Å²) < 4.78 is 2.14. The van der Waals surface area contributed by atoms with Gasteiger partial charge in [-0.3, -0.25) is 9.59 Å². The molecular formula is C19H25N3O2. The minimum absolute atomic E-state index is 0.0122. The van der Waals surface area contributed by atoms with Gasteiger partial charge in [-0.1, -0.05) is 12.1 Å². The molecule has 0 unspecified atom stereocenters. The lowest BCUT2D eigenvalue weighted by Crippen LogP contribution is -2.26. The Bertz CT molecular complexity index is 745. The van der Waals surface area contributed by atoms with Crippen molar-refractivity contribution in [2.75, 3.05) is 14.1 Å². The molecule has 5 nitrogen and oxygen atoms in total. The maximum absolute atomic E-state index is 12.7. The summed E-state index contributed by atoms with van der Waals surface area (Å²) in [6.45, 7) is 7.44. The van der Waals surface area contributed by atoms with Gasteiger partial charge >= 0.3 is 0 Å². The third-order valence-corrected chi connectivity index (χ3v) is 4.33. The molecule has 1 N–H and O–H groups in total. The minimum Gasteiger partial charge on any atom is -0.355 e. The highest BCUT2D eigenvalue weighted by Crippen LogP contribution is 2.18. The van der Waals surface area contributed by atoms with Gasteiger partial charge < -0.3 is 14.8 Å². The average Bonchev–Trinajstić information content (AvgIpc) is 2.87. The predicted molar refractivity (Wildman–Crippen MR) is 95.2 cm³/mol. The number of hydrogen-bond acceptors (Lipinski definition) is 2. The molecule has 1 aromatic heterocycles. The second kappa shape index (κ2) is 7.34. The van der Waals surface area contributed by atoms with E-state index >= 15 is 0 Å². The summed E-state index contributed by atoms with van der Waals surface area (Å²) in [6.07, 6.45) is 0. The smallest absolute Gasteiger partial charge is 0.255 e. The monoisotopic (exact) mass is 327 g/mol. The largest absolute Gasteiger partial charge is 0.355 e. The first-order chi connectivity index (χ1) is 11.4. The third kappa shape index (κ3) is 3.50. The van der Waals surface area contributed by atoms with Gasteiger partial charge in [0.25, 0.3) is 11.8 Å². The number of benzene rings is 1. The molecule has 0 saturated carbocycles. The highest BCUT2D eigenvalue weighted by atomic mass is 16.2. The second-order valence-electron chi connectivity index (χ2n) is 5.97. The van der Waals surface area contributed by atoms with Crippen LogP contribution in [0.1, 0.15) is 44.6 Å². The summed E-state index contributed by atoms with van der Waals surface area (Å²) >= 11 is 0. The summed E-state index contributed by atoms with van der Waals surface area (Å²) in [4.78, 5) is 26.0. The van der Waals surface area contributed by atoms with Gasteiger partial charge in [0, 0.05) is 44.1 Å². The number of hydrogen-bond donors (Lipinski definition) is 1. The first kappa shape index (κ1) is 17.8. The SMILES string of the molecule is CCn1c(C)cc(C(=O)N(C)Cc2ccc(C(=O)NC)cc2)c1C. The van der Waals surface area contributed by atoms with E-state index in [1.807, 2.05) is 32.0 Å². The molecule has 0 aliphatic carbocycles. The molecule has 0 fully saturated rings. The number of aromatic nitrogens is 1. The maximum atomic E-state index is 12.7. The lowest BCUT2D eigenvalue weighted by atomic mass is 10.1. The van der Waals surface area contributed by atoms with Crippen molar-refractivity contribution in [2.24, 2.45) is 0 Å². The Morgan fingerprint density at radius 2 is 1.79 bits per heavy atom. The Morgan fingerprint density at radius 1 is 1.17 bits per heavy atom. The van der Waals surface area contributed by atoms with Crippen molar-refractivity contribution < 1.29 is 9.59 Å². The van der Waals surface area contributed by atoms with Crippen LogP contribution in [-0.4, -0.2) is 35.4 Å². The number of aryl methyl sites for hydroxylation is 1. The summed E-state index contributed by atoms with van der Waals surface area (Å²) in [5.74, 6) is -0.101. The zero-order chi connectivity index (χ0) is 17.9. The van der Waals surface area contributed by atoms with Crippen LogP contribution in [0.5, 0.6) is 0 Å². The van der Waals surface area contributed by atoms with Crippen LogP contribution in [0.3, 0.4) is 0 Å². The van der Waals surface area contributed by atoms with E-state index in [0.717, 1.165) is 29.1 Å². The summed E-state index contributed by atoms with van der Waals surface area (Å²) in [7, 11) is 3.41. The Morgan fingerprint density at radius 3 is 2.29 bits per heavy atom. The fourth-order valence-corrected chi connectivity index (χ4v) is 2.96. The lowest BCUT2D eigenvalue weighted by Gasteiger charge is -2.18. The van der Waals surface area contributed by atoms with Crippen molar-refractivity contribution in [3.63, 3.8) is 0 Å². The summed E-state index contributed by atoms with van der Waals surface area (Å²) in [5, 5.41) is 2.59. The van der Waals surface area contributed by atoms with Crippen molar-refractivity contribution in [1.82, 2.24) is 14.8 Å². The molecule has 5 heteroatoms. The van der Waals surface area contributed by atoms with Gasteiger partial charge in [-0.15, -0.1) is 0 Å². The average molecular weight is 327 g/mol. The second-order valence-corrected chi connectivity index (χ2v) is 5.97. The van der Waals surface area contributed by atoms with Crippen molar-refractivity contribution in [3.05, 3.63) is 58.4 Å². The van der Waals surface area contributed by atoms with Crippen LogP contribution in [0, 0.1) is 13.8 Å². The van der Waals surface area contributed by atoms with Gasteiger partial charge in [-0.2, -0.15) is 0 Å². The molecule has 0 saturated heterocycles. The summed E-state index contributed by atoms with van der Waals surface area (Å²) in [5.41, 5.74) is 4.45. The zero-order valence-corrected chi connectivity index (χ0v) is 15.0. The topological polar surface area (TPSA) is 54.3 Å². The van der Waals surface area contributed by atoms with Gasteiger partial charge in [0.15, 0.2) is 0 Å². The number of carbonyl (C=O) groups excluding carboxylic acids is 2. The van der Waals surface area contributed by atoms with E-state index in [9.17, 15) is 9.59 Å². The van der Waals surface area contributed by atoms with Gasteiger partial charge in [-0.25, -0.2) is 0 Å². The van der Waals surface area contributed by atoms with Crippen molar-refractivity contribution in [2.45, 2.75) is 33.9 Å². The van der Waals surface area contributed by atoms with Crippen LogP contribution in [0.25, 0.3) is 0 Å². The number of rotatable bonds is 5. The Labute approximate surface area is 143 Å². The molecule has 0 bridgehead atoms. The summed E-state index contributed by atoms with van der Waals surface area (Å²) in [6, 6.07) is 9.25. The van der Waals surface area contributed by atoms with E-state index in [-0.39, 0.29) is 11.8 Å². The number of nitrogens with one attached hydrogen (secondary N) is 1. The van der Waals surface area contributed by atoms with Crippen LogP contribution < -0.4 is 5.32 Å². The van der Waals surface area contributed by atoms with Crippen LogP contribution in [0.2, 0.25) is 0 Å². The molecule has 2 aromatic rings. The highest BCUT2D eigenvalue weighted by molar-refractivity contribution is 5.95. The van der Waals surface area contributed by atoms with Gasteiger partial charge in [0.1, 0.15) is 0 Å². The number of carbonyl (C=O) groups is 2.